The average Bonchev–Trinajstić information content (AvgIpc) is 3.07. The Balaban J connectivity index is 1.35. The van der Waals surface area contributed by atoms with E-state index in [1.165, 1.54) is 6.33 Å². The molecule has 0 aliphatic carbocycles. The molecule has 4 rings (SSSR count). The standard InChI is InChI=1S/C17H19N5O2/c23-16(21-7-8-22-15(10-21)18-11-19-22)6-5-13-9-12-3-1-2-4-14(12)20-17(13)24/h1-4,11,13H,5-10H2,(H,20,24). The zero-order chi connectivity index (χ0) is 16.5. The predicted octanol–water partition coefficient (Wildman–Crippen LogP) is 1.21. The second-order valence-electron chi connectivity index (χ2n) is 6.30. The van der Waals surface area contributed by atoms with Gasteiger partial charge in [-0.15, -0.1) is 0 Å². The Morgan fingerprint density at radius 3 is 3.08 bits per heavy atom. The maximum absolute atomic E-state index is 12.5. The van der Waals surface area contributed by atoms with Gasteiger partial charge in [0.05, 0.1) is 13.1 Å². The van der Waals surface area contributed by atoms with Crippen molar-refractivity contribution < 1.29 is 9.59 Å². The van der Waals surface area contributed by atoms with Gasteiger partial charge in [-0.2, -0.15) is 5.10 Å². The molecule has 1 unspecified atom stereocenters. The van der Waals surface area contributed by atoms with Gasteiger partial charge >= 0.3 is 0 Å². The number of carbonyl (C=O) groups excluding carboxylic acids is 2. The van der Waals surface area contributed by atoms with Gasteiger partial charge in [0.25, 0.3) is 0 Å². The Bertz CT molecular complexity index is 785. The number of rotatable bonds is 3. The highest BCUT2D eigenvalue weighted by Gasteiger charge is 2.28. The molecule has 0 spiro atoms. The zero-order valence-electron chi connectivity index (χ0n) is 13.3. The first-order valence-corrected chi connectivity index (χ1v) is 8.24. The number of benzene rings is 1. The van der Waals surface area contributed by atoms with Crippen LogP contribution in [0.1, 0.15) is 24.2 Å². The normalized spacial score (nSPS) is 19.4. The third kappa shape index (κ3) is 2.77. The number of fused-ring (bicyclic) bond motifs is 2. The van der Waals surface area contributed by atoms with Crippen LogP contribution in [0.2, 0.25) is 0 Å². The van der Waals surface area contributed by atoms with Crippen LogP contribution in [0, 0.1) is 5.92 Å². The lowest BCUT2D eigenvalue weighted by Gasteiger charge is -2.28. The van der Waals surface area contributed by atoms with Crippen molar-refractivity contribution in [2.45, 2.75) is 32.4 Å². The summed E-state index contributed by atoms with van der Waals surface area (Å²) in [6.45, 7) is 1.83. The largest absolute Gasteiger partial charge is 0.333 e. The number of hydrogen-bond donors (Lipinski definition) is 1. The molecule has 2 aliphatic rings. The number of aromatic nitrogens is 3. The van der Waals surface area contributed by atoms with E-state index in [4.69, 9.17) is 0 Å². The van der Waals surface area contributed by atoms with Crippen LogP contribution in [0.5, 0.6) is 0 Å². The van der Waals surface area contributed by atoms with E-state index in [0.717, 1.165) is 17.1 Å². The van der Waals surface area contributed by atoms with Gasteiger partial charge < -0.3 is 10.2 Å². The molecule has 7 heteroatoms. The molecule has 124 valence electrons. The van der Waals surface area contributed by atoms with Gasteiger partial charge in [0, 0.05) is 24.6 Å². The zero-order valence-corrected chi connectivity index (χ0v) is 13.3. The number of amides is 2. The summed E-state index contributed by atoms with van der Waals surface area (Å²) >= 11 is 0. The first-order valence-electron chi connectivity index (χ1n) is 8.24. The van der Waals surface area contributed by atoms with Crippen molar-refractivity contribution in [3.63, 3.8) is 0 Å². The summed E-state index contributed by atoms with van der Waals surface area (Å²) in [6, 6.07) is 7.83. The lowest BCUT2D eigenvalue weighted by atomic mass is 9.89. The van der Waals surface area contributed by atoms with E-state index < -0.39 is 0 Å². The van der Waals surface area contributed by atoms with Gasteiger partial charge in [-0.05, 0) is 24.5 Å². The molecule has 1 N–H and O–H groups in total. The minimum Gasteiger partial charge on any atom is -0.333 e. The molecule has 2 aliphatic heterocycles. The van der Waals surface area contributed by atoms with Gasteiger partial charge in [0.1, 0.15) is 12.2 Å². The van der Waals surface area contributed by atoms with Gasteiger partial charge in [-0.1, -0.05) is 18.2 Å². The van der Waals surface area contributed by atoms with Crippen molar-refractivity contribution in [2.24, 2.45) is 5.92 Å². The third-order valence-electron chi connectivity index (χ3n) is 4.78. The van der Waals surface area contributed by atoms with Crippen LogP contribution in [0.3, 0.4) is 0 Å². The fourth-order valence-corrected chi connectivity index (χ4v) is 3.38. The van der Waals surface area contributed by atoms with Gasteiger partial charge in [-0.25, -0.2) is 9.67 Å². The van der Waals surface area contributed by atoms with Gasteiger partial charge in [0.15, 0.2) is 0 Å². The van der Waals surface area contributed by atoms with E-state index in [-0.39, 0.29) is 17.7 Å². The molecule has 0 bridgehead atoms. The van der Waals surface area contributed by atoms with Crippen LogP contribution < -0.4 is 5.32 Å². The first-order chi connectivity index (χ1) is 11.7. The van der Waals surface area contributed by atoms with Gasteiger partial charge in [-0.3, -0.25) is 9.59 Å². The molecule has 1 aromatic carbocycles. The monoisotopic (exact) mass is 325 g/mol. The second-order valence-corrected chi connectivity index (χ2v) is 6.30. The van der Waals surface area contributed by atoms with Gasteiger partial charge in [0.2, 0.25) is 11.8 Å². The lowest BCUT2D eigenvalue weighted by Crippen LogP contribution is -2.39. The van der Waals surface area contributed by atoms with E-state index in [1.54, 1.807) is 4.90 Å². The summed E-state index contributed by atoms with van der Waals surface area (Å²) in [6.07, 6.45) is 3.17. The number of carbonyl (C=O) groups is 2. The molecule has 0 saturated carbocycles. The topological polar surface area (TPSA) is 80.1 Å². The number of para-hydroxylation sites is 1. The van der Waals surface area contributed by atoms with Crippen LogP contribution in [0.25, 0.3) is 0 Å². The molecule has 1 aromatic heterocycles. The predicted molar refractivity (Wildman–Crippen MR) is 86.9 cm³/mol. The summed E-state index contributed by atoms with van der Waals surface area (Å²) in [4.78, 5) is 30.7. The van der Waals surface area contributed by atoms with Crippen LogP contribution >= 0.6 is 0 Å². The van der Waals surface area contributed by atoms with Crippen LogP contribution in [-0.2, 0) is 29.1 Å². The van der Waals surface area contributed by atoms with E-state index in [2.05, 4.69) is 15.4 Å². The molecule has 2 aromatic rings. The molecule has 7 nitrogen and oxygen atoms in total. The van der Waals surface area contributed by atoms with E-state index in [9.17, 15) is 9.59 Å². The minimum absolute atomic E-state index is 0.0138. The fourth-order valence-electron chi connectivity index (χ4n) is 3.38. The fraction of sp³-hybridized carbons (Fsp3) is 0.412. The second kappa shape index (κ2) is 6.07. The Morgan fingerprint density at radius 1 is 1.29 bits per heavy atom. The Labute approximate surface area is 139 Å². The SMILES string of the molecule is O=C1Nc2ccccc2CC1CCC(=O)N1CCn2ncnc2C1. The van der Waals surface area contributed by atoms with Crippen molar-refractivity contribution in [3.8, 4) is 0 Å². The van der Waals surface area contributed by atoms with Crippen LogP contribution in [0.15, 0.2) is 30.6 Å². The Morgan fingerprint density at radius 2 is 2.17 bits per heavy atom. The van der Waals surface area contributed by atoms with E-state index in [0.29, 0.717) is 38.9 Å². The average molecular weight is 325 g/mol. The lowest BCUT2D eigenvalue weighted by molar-refractivity contribution is -0.133. The molecule has 1 atom stereocenters. The molecule has 2 amide bonds. The van der Waals surface area contributed by atoms with Crippen LogP contribution in [-0.4, -0.2) is 38.0 Å². The van der Waals surface area contributed by atoms with Crippen molar-refractivity contribution in [2.75, 3.05) is 11.9 Å². The Kier molecular flexibility index (Phi) is 3.76. The van der Waals surface area contributed by atoms with Crippen molar-refractivity contribution in [1.82, 2.24) is 19.7 Å². The number of nitrogens with zero attached hydrogens (tertiary/aromatic N) is 4. The number of anilines is 1. The van der Waals surface area contributed by atoms with E-state index >= 15 is 0 Å². The summed E-state index contributed by atoms with van der Waals surface area (Å²) in [5.41, 5.74) is 2.03. The first kappa shape index (κ1) is 14.9. The smallest absolute Gasteiger partial charge is 0.227 e. The molecule has 24 heavy (non-hydrogen) atoms. The maximum atomic E-state index is 12.5. The third-order valence-corrected chi connectivity index (χ3v) is 4.78. The molecule has 0 fully saturated rings. The van der Waals surface area contributed by atoms with E-state index in [1.807, 2.05) is 28.9 Å². The van der Waals surface area contributed by atoms with Crippen LogP contribution in [0.4, 0.5) is 5.69 Å². The summed E-state index contributed by atoms with van der Waals surface area (Å²) < 4.78 is 1.83. The quantitative estimate of drug-likeness (QED) is 0.920. The summed E-state index contributed by atoms with van der Waals surface area (Å²) in [7, 11) is 0. The molecular weight excluding hydrogens is 306 g/mol. The number of nitrogens with one attached hydrogen (secondary N) is 1. The highest BCUT2D eigenvalue weighted by atomic mass is 16.2. The Hall–Kier alpha value is -2.70. The van der Waals surface area contributed by atoms with Crippen molar-refractivity contribution >= 4 is 17.5 Å². The maximum Gasteiger partial charge on any atom is 0.227 e. The highest BCUT2D eigenvalue weighted by Crippen LogP contribution is 2.27. The summed E-state index contributed by atoms with van der Waals surface area (Å²) in [5.74, 6) is 0.770. The number of hydrogen-bond acceptors (Lipinski definition) is 4. The molecular formula is C17H19N5O2. The highest BCUT2D eigenvalue weighted by molar-refractivity contribution is 5.96. The minimum atomic E-state index is -0.141. The molecule has 0 saturated heterocycles. The molecule has 0 radical (unpaired) electrons. The molecule has 3 heterocycles. The van der Waals surface area contributed by atoms with Crippen molar-refractivity contribution in [3.05, 3.63) is 42.0 Å². The van der Waals surface area contributed by atoms with Crippen molar-refractivity contribution in [1.29, 1.82) is 0 Å². The summed E-state index contributed by atoms with van der Waals surface area (Å²) in [5, 5.41) is 7.05.